The van der Waals surface area contributed by atoms with Crippen LogP contribution in [0.25, 0.3) is 22.4 Å². The number of hydrogen-bond donors (Lipinski definition) is 1. The van der Waals surface area contributed by atoms with Crippen molar-refractivity contribution in [1.29, 1.82) is 0 Å². The summed E-state index contributed by atoms with van der Waals surface area (Å²) in [5.41, 5.74) is -4.25. The lowest BCUT2D eigenvalue weighted by molar-refractivity contribution is -0.143. The standard InChI is InChI=1S/C14H6F7N3O3/c15-5-1-4(10-9(8(5)18)24-13(25)27-10)6-2-22-12(26-3-7(16)17)11(23-6)14(19,20)21/h1-2,7H,3H2,(H,24,25). The molecule has 3 rings (SSSR count). The Morgan fingerprint density at radius 2 is 1.96 bits per heavy atom. The Labute approximate surface area is 143 Å². The lowest BCUT2D eigenvalue weighted by atomic mass is 10.1. The van der Waals surface area contributed by atoms with E-state index < -0.39 is 70.5 Å². The fourth-order valence-corrected chi connectivity index (χ4v) is 2.18. The molecule has 0 amide bonds. The van der Waals surface area contributed by atoms with Crippen LogP contribution in [-0.2, 0) is 6.18 Å². The molecule has 144 valence electrons. The Morgan fingerprint density at radius 3 is 2.59 bits per heavy atom. The molecule has 0 unspecified atom stereocenters. The zero-order valence-corrected chi connectivity index (χ0v) is 12.7. The molecule has 0 aliphatic heterocycles. The van der Waals surface area contributed by atoms with Crippen LogP contribution in [0.1, 0.15) is 5.69 Å². The van der Waals surface area contributed by atoms with Crippen molar-refractivity contribution in [2.24, 2.45) is 0 Å². The number of hydrogen-bond acceptors (Lipinski definition) is 5. The summed E-state index contributed by atoms with van der Waals surface area (Å²) in [6, 6.07) is 0.457. The van der Waals surface area contributed by atoms with Crippen molar-refractivity contribution in [3.05, 3.63) is 40.1 Å². The number of nitrogens with zero attached hydrogens (tertiary/aromatic N) is 2. The molecule has 6 nitrogen and oxygen atoms in total. The molecule has 2 aromatic heterocycles. The van der Waals surface area contributed by atoms with Crippen LogP contribution in [0.5, 0.6) is 5.88 Å². The van der Waals surface area contributed by atoms with Crippen LogP contribution in [0.15, 0.2) is 21.5 Å². The van der Waals surface area contributed by atoms with Gasteiger partial charge < -0.3 is 9.15 Å². The van der Waals surface area contributed by atoms with Gasteiger partial charge in [0.05, 0.1) is 11.9 Å². The monoisotopic (exact) mass is 397 g/mol. The van der Waals surface area contributed by atoms with Crippen LogP contribution >= 0.6 is 0 Å². The van der Waals surface area contributed by atoms with Gasteiger partial charge in [-0.15, -0.1) is 0 Å². The highest BCUT2D eigenvalue weighted by molar-refractivity contribution is 5.89. The average molecular weight is 397 g/mol. The molecule has 0 saturated carbocycles. The van der Waals surface area contributed by atoms with Crippen LogP contribution in [-0.4, -0.2) is 28.0 Å². The molecule has 0 atom stereocenters. The number of fused-ring (bicyclic) bond motifs is 1. The minimum absolute atomic E-state index is 0.457. The van der Waals surface area contributed by atoms with Gasteiger partial charge in [0, 0.05) is 5.56 Å². The number of benzene rings is 1. The van der Waals surface area contributed by atoms with Crippen LogP contribution in [0, 0.1) is 11.6 Å². The fraction of sp³-hybridized carbons (Fsp3) is 0.214. The Hall–Kier alpha value is -3.12. The van der Waals surface area contributed by atoms with E-state index in [1.165, 1.54) is 0 Å². The van der Waals surface area contributed by atoms with E-state index in [4.69, 9.17) is 0 Å². The van der Waals surface area contributed by atoms with E-state index >= 15 is 0 Å². The minimum atomic E-state index is -5.16. The first-order valence-corrected chi connectivity index (χ1v) is 6.94. The average Bonchev–Trinajstić information content (AvgIpc) is 2.97. The number of nitrogens with one attached hydrogen (secondary N) is 1. The van der Waals surface area contributed by atoms with Crippen molar-refractivity contribution in [1.82, 2.24) is 15.0 Å². The Kier molecular flexibility index (Phi) is 4.53. The normalized spacial score (nSPS) is 12.1. The van der Waals surface area contributed by atoms with Crippen molar-refractivity contribution in [2.75, 3.05) is 6.61 Å². The third-order valence-electron chi connectivity index (χ3n) is 3.22. The van der Waals surface area contributed by atoms with E-state index in [-0.39, 0.29) is 0 Å². The lowest BCUT2D eigenvalue weighted by Crippen LogP contribution is -2.16. The predicted octanol–water partition coefficient (Wildman–Crippen LogP) is 3.52. The van der Waals surface area contributed by atoms with E-state index in [9.17, 15) is 35.5 Å². The van der Waals surface area contributed by atoms with E-state index in [1.807, 2.05) is 4.98 Å². The van der Waals surface area contributed by atoms with Gasteiger partial charge in [0.1, 0.15) is 5.52 Å². The predicted molar refractivity (Wildman–Crippen MR) is 74.3 cm³/mol. The molecule has 0 fully saturated rings. The molecule has 2 heterocycles. The number of rotatable bonds is 4. The second-order valence-corrected chi connectivity index (χ2v) is 5.05. The van der Waals surface area contributed by atoms with E-state index in [0.717, 1.165) is 0 Å². The van der Waals surface area contributed by atoms with Crippen LogP contribution < -0.4 is 10.5 Å². The molecule has 1 N–H and O–H groups in total. The van der Waals surface area contributed by atoms with Crippen LogP contribution in [0.2, 0.25) is 0 Å². The summed E-state index contributed by atoms with van der Waals surface area (Å²) in [4.78, 5) is 19.6. The number of ether oxygens (including phenoxy) is 1. The van der Waals surface area contributed by atoms with E-state index in [2.05, 4.69) is 19.1 Å². The van der Waals surface area contributed by atoms with Crippen molar-refractivity contribution < 1.29 is 39.9 Å². The molecule has 0 saturated heterocycles. The van der Waals surface area contributed by atoms with Gasteiger partial charge in [-0.25, -0.2) is 32.3 Å². The van der Waals surface area contributed by atoms with Gasteiger partial charge in [0.2, 0.25) is 11.6 Å². The first-order valence-electron chi connectivity index (χ1n) is 6.94. The zero-order valence-electron chi connectivity index (χ0n) is 12.7. The summed E-state index contributed by atoms with van der Waals surface area (Å²) >= 11 is 0. The van der Waals surface area contributed by atoms with Crippen molar-refractivity contribution in [3.63, 3.8) is 0 Å². The number of aromatic nitrogens is 3. The zero-order chi connectivity index (χ0) is 19.9. The Balaban J connectivity index is 2.20. The van der Waals surface area contributed by atoms with Crippen molar-refractivity contribution in [2.45, 2.75) is 12.6 Å². The van der Waals surface area contributed by atoms with Gasteiger partial charge in [-0.05, 0) is 6.07 Å². The second-order valence-electron chi connectivity index (χ2n) is 5.05. The van der Waals surface area contributed by atoms with Gasteiger partial charge in [0.15, 0.2) is 23.8 Å². The first kappa shape index (κ1) is 18.7. The number of halogens is 7. The molecule has 0 radical (unpaired) electrons. The summed E-state index contributed by atoms with van der Waals surface area (Å²) in [6.45, 7) is -1.36. The third-order valence-corrected chi connectivity index (χ3v) is 3.22. The molecular weight excluding hydrogens is 391 g/mol. The fourth-order valence-electron chi connectivity index (χ4n) is 2.18. The largest absolute Gasteiger partial charge is 0.470 e. The maximum absolute atomic E-state index is 13.7. The minimum Gasteiger partial charge on any atom is -0.470 e. The summed E-state index contributed by atoms with van der Waals surface area (Å²) in [7, 11) is 0. The number of H-pyrrole nitrogens is 1. The van der Waals surface area contributed by atoms with Gasteiger partial charge >= 0.3 is 11.9 Å². The number of alkyl halides is 5. The second kappa shape index (κ2) is 6.55. The molecule has 0 bridgehead atoms. The van der Waals surface area contributed by atoms with Crippen molar-refractivity contribution >= 4 is 11.1 Å². The maximum atomic E-state index is 13.7. The first-order chi connectivity index (χ1) is 12.6. The lowest BCUT2D eigenvalue weighted by Gasteiger charge is -2.13. The number of oxazole rings is 1. The Bertz CT molecular complexity index is 1060. The van der Waals surface area contributed by atoms with Crippen LogP contribution in [0.3, 0.4) is 0 Å². The highest BCUT2D eigenvalue weighted by Gasteiger charge is 2.38. The quantitative estimate of drug-likeness (QED) is 0.682. The molecular formula is C14H6F7N3O3. The summed E-state index contributed by atoms with van der Waals surface area (Å²) in [6.07, 6.45) is -7.57. The molecule has 27 heavy (non-hydrogen) atoms. The van der Waals surface area contributed by atoms with E-state index in [0.29, 0.717) is 12.3 Å². The molecule has 3 aromatic rings. The van der Waals surface area contributed by atoms with Gasteiger partial charge in [-0.3, -0.25) is 4.98 Å². The summed E-state index contributed by atoms with van der Waals surface area (Å²) < 4.78 is 100. The Morgan fingerprint density at radius 1 is 1.26 bits per heavy atom. The van der Waals surface area contributed by atoms with Gasteiger partial charge in [-0.1, -0.05) is 0 Å². The summed E-state index contributed by atoms with van der Waals surface area (Å²) in [5, 5.41) is 0. The number of aromatic amines is 1. The van der Waals surface area contributed by atoms with Gasteiger partial charge in [-0.2, -0.15) is 13.2 Å². The van der Waals surface area contributed by atoms with E-state index in [1.54, 1.807) is 0 Å². The van der Waals surface area contributed by atoms with Gasteiger partial charge in [0.25, 0.3) is 6.43 Å². The molecule has 13 heteroatoms. The van der Waals surface area contributed by atoms with Crippen molar-refractivity contribution in [3.8, 4) is 17.1 Å². The topological polar surface area (TPSA) is 81.0 Å². The maximum Gasteiger partial charge on any atom is 0.438 e. The third kappa shape index (κ3) is 3.57. The SMILES string of the molecule is O=c1[nH]c2c(F)c(F)cc(-c3cnc(OCC(F)F)c(C(F)(F)F)n3)c2o1. The molecule has 1 aromatic carbocycles. The highest BCUT2D eigenvalue weighted by atomic mass is 19.4. The molecule has 0 aliphatic rings. The smallest absolute Gasteiger partial charge is 0.438 e. The van der Waals surface area contributed by atoms with Crippen LogP contribution in [0.4, 0.5) is 30.7 Å². The highest BCUT2D eigenvalue weighted by Crippen LogP contribution is 2.36. The molecule has 0 aliphatic carbocycles. The summed E-state index contributed by atoms with van der Waals surface area (Å²) in [5.74, 6) is -5.39. The molecule has 0 spiro atoms.